The smallest absolute Gasteiger partial charge is 0.326 e. The first-order valence-corrected chi connectivity index (χ1v) is 9.78. The Morgan fingerprint density at radius 2 is 1.43 bits per heavy atom. The third kappa shape index (κ3) is 10.2. The van der Waals surface area contributed by atoms with Gasteiger partial charge in [-0.25, -0.2) is 4.79 Å². The van der Waals surface area contributed by atoms with Gasteiger partial charge in [0, 0.05) is 0 Å². The van der Waals surface area contributed by atoms with Gasteiger partial charge in [0.05, 0.1) is 12.5 Å². The third-order valence-corrected chi connectivity index (χ3v) is 4.26. The quantitative estimate of drug-likeness (QED) is 0.146. The molecule has 12 heteroatoms. The Kier molecular flexibility index (Phi) is 12.3. The van der Waals surface area contributed by atoms with Crippen molar-refractivity contribution in [3.05, 3.63) is 0 Å². The van der Waals surface area contributed by atoms with E-state index in [1.165, 1.54) is 6.92 Å². The second kappa shape index (κ2) is 13.5. The lowest BCUT2D eigenvalue weighted by Gasteiger charge is -2.26. The first kappa shape index (κ1) is 27.3. The first-order valence-electron chi connectivity index (χ1n) is 9.78. The predicted molar refractivity (Wildman–Crippen MR) is 109 cm³/mol. The molecule has 0 spiro atoms. The molecule has 30 heavy (non-hydrogen) atoms. The monoisotopic (exact) mass is 430 g/mol. The van der Waals surface area contributed by atoms with Crippen LogP contribution in [0, 0.1) is 5.92 Å². The Morgan fingerprint density at radius 1 is 0.867 bits per heavy atom. The number of nitrogens with one attached hydrogen (secondary N) is 3. The lowest BCUT2D eigenvalue weighted by molar-refractivity contribution is -0.143. The Balaban J connectivity index is 5.29. The largest absolute Gasteiger partial charge is 0.480 e. The van der Waals surface area contributed by atoms with Crippen molar-refractivity contribution in [3.8, 4) is 0 Å². The van der Waals surface area contributed by atoms with Gasteiger partial charge in [0.2, 0.25) is 23.6 Å². The molecule has 0 saturated carbocycles. The summed E-state index contributed by atoms with van der Waals surface area (Å²) in [6, 6.07) is -4.49. The van der Waals surface area contributed by atoms with Gasteiger partial charge in [0.15, 0.2) is 0 Å². The van der Waals surface area contributed by atoms with E-state index in [0.29, 0.717) is 19.4 Å². The number of carbonyl (C=O) groups excluding carboxylic acids is 4. The van der Waals surface area contributed by atoms with Gasteiger partial charge in [0.25, 0.3) is 0 Å². The summed E-state index contributed by atoms with van der Waals surface area (Å²) in [6.45, 7) is 5.10. The number of carboxylic acids is 1. The molecular formula is C18H34N6O6. The van der Waals surface area contributed by atoms with Gasteiger partial charge in [-0.15, -0.1) is 0 Å². The van der Waals surface area contributed by atoms with Crippen molar-refractivity contribution in [3.63, 3.8) is 0 Å². The van der Waals surface area contributed by atoms with Crippen LogP contribution in [0.2, 0.25) is 0 Å². The highest BCUT2D eigenvalue weighted by Crippen LogP contribution is 2.07. The van der Waals surface area contributed by atoms with E-state index in [2.05, 4.69) is 16.0 Å². The summed E-state index contributed by atoms with van der Waals surface area (Å²) in [5.74, 6) is -4.64. The number of amides is 4. The minimum atomic E-state index is -1.32. The highest BCUT2D eigenvalue weighted by Gasteiger charge is 2.32. The van der Waals surface area contributed by atoms with E-state index in [1.807, 2.05) is 0 Å². The van der Waals surface area contributed by atoms with E-state index in [-0.39, 0.29) is 6.42 Å². The van der Waals surface area contributed by atoms with Crippen molar-refractivity contribution in [1.29, 1.82) is 0 Å². The molecule has 0 aromatic heterocycles. The van der Waals surface area contributed by atoms with Crippen molar-refractivity contribution in [2.45, 2.75) is 70.6 Å². The molecule has 4 unspecified atom stereocenters. The topological polar surface area (TPSA) is 220 Å². The molecular weight excluding hydrogens is 396 g/mol. The van der Waals surface area contributed by atoms with Gasteiger partial charge in [-0.1, -0.05) is 13.8 Å². The summed E-state index contributed by atoms with van der Waals surface area (Å²) in [4.78, 5) is 59.7. The van der Waals surface area contributed by atoms with E-state index in [1.54, 1.807) is 13.8 Å². The van der Waals surface area contributed by atoms with E-state index < -0.39 is 66.1 Å². The van der Waals surface area contributed by atoms with Crippen molar-refractivity contribution in [2.24, 2.45) is 23.1 Å². The van der Waals surface area contributed by atoms with E-state index in [4.69, 9.17) is 17.2 Å². The van der Waals surface area contributed by atoms with Crippen LogP contribution < -0.4 is 33.2 Å². The van der Waals surface area contributed by atoms with Crippen LogP contribution >= 0.6 is 0 Å². The molecule has 0 aliphatic carbocycles. The molecule has 0 aliphatic heterocycles. The van der Waals surface area contributed by atoms with Gasteiger partial charge >= 0.3 is 5.97 Å². The zero-order valence-electron chi connectivity index (χ0n) is 17.6. The zero-order chi connectivity index (χ0) is 23.4. The summed E-state index contributed by atoms with van der Waals surface area (Å²) < 4.78 is 0. The lowest BCUT2D eigenvalue weighted by atomic mass is 10.0. The maximum atomic E-state index is 12.6. The normalized spacial score (nSPS) is 14.9. The molecule has 0 aromatic carbocycles. The van der Waals surface area contributed by atoms with Crippen LogP contribution in [0.5, 0.6) is 0 Å². The molecule has 12 nitrogen and oxygen atoms in total. The first-order chi connectivity index (χ1) is 13.9. The van der Waals surface area contributed by atoms with Gasteiger partial charge in [-0.2, -0.15) is 0 Å². The Hall–Kier alpha value is -2.73. The summed E-state index contributed by atoms with van der Waals surface area (Å²) >= 11 is 0. The van der Waals surface area contributed by atoms with Gasteiger partial charge in [0.1, 0.15) is 18.1 Å². The molecule has 0 heterocycles. The van der Waals surface area contributed by atoms with Crippen molar-refractivity contribution < 1.29 is 29.1 Å². The average molecular weight is 431 g/mol. The molecule has 4 amide bonds. The fourth-order valence-electron chi connectivity index (χ4n) is 2.51. The fourth-order valence-corrected chi connectivity index (χ4v) is 2.51. The second-order valence-corrected chi connectivity index (χ2v) is 7.43. The molecule has 10 N–H and O–H groups in total. The van der Waals surface area contributed by atoms with Gasteiger partial charge in [-0.05, 0) is 38.6 Å². The third-order valence-electron chi connectivity index (χ3n) is 4.26. The number of primary amides is 1. The molecule has 0 aliphatic rings. The fraction of sp³-hybridized carbons (Fsp3) is 0.722. The molecule has 0 saturated heterocycles. The minimum Gasteiger partial charge on any atom is -0.480 e. The molecule has 172 valence electrons. The molecule has 0 radical (unpaired) electrons. The van der Waals surface area contributed by atoms with E-state index in [0.717, 1.165) is 0 Å². The minimum absolute atomic E-state index is 0.186. The van der Waals surface area contributed by atoms with Crippen LogP contribution in [0.3, 0.4) is 0 Å². The van der Waals surface area contributed by atoms with Crippen molar-refractivity contribution >= 4 is 29.6 Å². The average Bonchev–Trinajstić information content (AvgIpc) is 2.63. The Labute approximate surface area is 175 Å². The number of rotatable bonds is 14. The Morgan fingerprint density at radius 3 is 1.87 bits per heavy atom. The van der Waals surface area contributed by atoms with Crippen LogP contribution in [-0.2, 0) is 24.0 Å². The van der Waals surface area contributed by atoms with Gasteiger partial charge in [-0.3, -0.25) is 19.2 Å². The molecule has 0 bridgehead atoms. The molecule has 0 aromatic rings. The van der Waals surface area contributed by atoms with Crippen LogP contribution in [0.15, 0.2) is 0 Å². The van der Waals surface area contributed by atoms with Crippen molar-refractivity contribution in [2.75, 3.05) is 6.54 Å². The van der Waals surface area contributed by atoms with E-state index >= 15 is 0 Å². The van der Waals surface area contributed by atoms with Crippen molar-refractivity contribution in [1.82, 2.24) is 16.0 Å². The summed E-state index contributed by atoms with van der Waals surface area (Å²) in [7, 11) is 0. The molecule has 4 atom stereocenters. The van der Waals surface area contributed by atoms with E-state index in [9.17, 15) is 29.1 Å². The van der Waals surface area contributed by atoms with Crippen LogP contribution in [0.1, 0.15) is 46.5 Å². The second-order valence-electron chi connectivity index (χ2n) is 7.43. The highest BCUT2D eigenvalue weighted by atomic mass is 16.4. The number of carbonyl (C=O) groups is 5. The standard InChI is InChI=1S/C18H34N6O6/c1-9(2)14(17(28)22-11(18(29)30)6-4-5-7-19)24-16(27)12(8-13(21)25)23-15(26)10(3)20/h9-12,14H,4-8,19-20H2,1-3H3,(H2,21,25)(H,22,28)(H,23,26)(H,24,27)(H,29,30). The molecule has 0 fully saturated rings. The highest BCUT2D eigenvalue weighted by molar-refractivity contribution is 5.96. The summed E-state index contributed by atoms with van der Waals surface area (Å²) in [6.07, 6.45) is 0.813. The maximum Gasteiger partial charge on any atom is 0.326 e. The van der Waals surface area contributed by atoms with Crippen LogP contribution in [0.25, 0.3) is 0 Å². The number of unbranched alkanes of at least 4 members (excludes halogenated alkanes) is 1. The predicted octanol–water partition coefficient (Wildman–Crippen LogP) is -2.47. The summed E-state index contributed by atoms with van der Waals surface area (Å²) in [5.41, 5.74) is 16.0. The SMILES string of the molecule is CC(N)C(=O)NC(CC(N)=O)C(=O)NC(C(=O)NC(CCCCN)C(=O)O)C(C)C. The maximum absolute atomic E-state index is 12.6. The van der Waals surface area contributed by atoms with Crippen LogP contribution in [-0.4, -0.2) is 65.4 Å². The van der Waals surface area contributed by atoms with Crippen LogP contribution in [0.4, 0.5) is 0 Å². The number of hydrogen-bond acceptors (Lipinski definition) is 7. The number of aliphatic carboxylic acids is 1. The Bertz CT molecular complexity index is 624. The number of carboxylic acid groups (broad SMARTS) is 1. The van der Waals surface area contributed by atoms with Gasteiger partial charge < -0.3 is 38.3 Å². The lowest BCUT2D eigenvalue weighted by Crippen LogP contribution is -2.58. The summed E-state index contributed by atoms with van der Waals surface area (Å²) in [5, 5.41) is 16.5. The number of hydrogen-bond donors (Lipinski definition) is 7. The number of nitrogens with two attached hydrogens (primary N) is 3. The molecule has 0 rings (SSSR count). The zero-order valence-corrected chi connectivity index (χ0v) is 17.6.